The van der Waals surface area contributed by atoms with Crippen molar-refractivity contribution in [3.8, 4) is 17.1 Å². The Kier molecular flexibility index (Phi) is 6.05. The van der Waals surface area contributed by atoms with Gasteiger partial charge in [-0.3, -0.25) is 4.79 Å². The second kappa shape index (κ2) is 8.48. The molecule has 3 rings (SSSR count). The van der Waals surface area contributed by atoms with Crippen LogP contribution in [0.15, 0.2) is 51.7 Å². The fraction of sp³-hybridized carbons (Fsp3) is 0.273. The predicted molar refractivity (Wildman–Crippen MR) is 109 cm³/mol. The van der Waals surface area contributed by atoms with E-state index in [1.807, 2.05) is 13.0 Å². The van der Waals surface area contributed by atoms with E-state index < -0.39 is 12.1 Å². The summed E-state index contributed by atoms with van der Waals surface area (Å²) in [5, 5.41) is 0.963. The van der Waals surface area contributed by atoms with E-state index in [-0.39, 0.29) is 23.5 Å². The third-order valence-electron chi connectivity index (χ3n) is 4.34. The van der Waals surface area contributed by atoms with E-state index in [0.717, 1.165) is 12.0 Å². The molecule has 0 aliphatic rings. The Morgan fingerprint density at radius 3 is 2.50 bits per heavy atom. The molecule has 0 saturated carbocycles. The Labute approximate surface area is 167 Å². The summed E-state index contributed by atoms with van der Waals surface area (Å²) in [7, 11) is 0. The molecule has 28 heavy (non-hydrogen) atoms. The second-order valence-electron chi connectivity index (χ2n) is 6.29. The molecule has 0 amide bonds. The van der Waals surface area contributed by atoms with Crippen molar-refractivity contribution in [2.24, 2.45) is 0 Å². The van der Waals surface area contributed by atoms with Gasteiger partial charge in [-0.25, -0.2) is 4.79 Å². The van der Waals surface area contributed by atoms with Crippen molar-refractivity contribution in [1.29, 1.82) is 0 Å². The van der Waals surface area contributed by atoms with Crippen molar-refractivity contribution in [2.45, 2.75) is 33.3 Å². The summed E-state index contributed by atoms with van der Waals surface area (Å²) in [5.41, 5.74) is 1.73. The number of rotatable bonds is 6. The number of halogens is 1. The van der Waals surface area contributed by atoms with Crippen LogP contribution < -0.4 is 10.2 Å². The van der Waals surface area contributed by atoms with E-state index in [1.165, 1.54) is 6.92 Å². The van der Waals surface area contributed by atoms with Gasteiger partial charge in [0.05, 0.1) is 12.0 Å². The van der Waals surface area contributed by atoms with E-state index in [9.17, 15) is 9.59 Å². The fourth-order valence-corrected chi connectivity index (χ4v) is 2.95. The van der Waals surface area contributed by atoms with Gasteiger partial charge >= 0.3 is 5.97 Å². The third kappa shape index (κ3) is 4.04. The van der Waals surface area contributed by atoms with Crippen LogP contribution in [0.2, 0.25) is 5.02 Å². The van der Waals surface area contributed by atoms with Crippen LogP contribution in [0, 0.1) is 0 Å². The number of aryl methyl sites for hydroxylation is 1. The normalized spacial score (nSPS) is 12.0. The minimum absolute atomic E-state index is 0.0244. The molecule has 2 aromatic carbocycles. The Balaban J connectivity index is 2.19. The number of hydrogen-bond donors (Lipinski definition) is 0. The smallest absolute Gasteiger partial charge is 0.347 e. The molecule has 0 spiro atoms. The summed E-state index contributed by atoms with van der Waals surface area (Å²) >= 11 is 5.97. The highest BCUT2D eigenvalue weighted by molar-refractivity contribution is 6.30. The van der Waals surface area contributed by atoms with Crippen LogP contribution in [-0.4, -0.2) is 18.7 Å². The lowest BCUT2D eigenvalue weighted by atomic mass is 10.1. The molecule has 0 saturated heterocycles. The average molecular weight is 401 g/mol. The summed E-state index contributed by atoms with van der Waals surface area (Å²) in [6, 6.07) is 12.3. The number of esters is 1. The molecule has 1 heterocycles. The van der Waals surface area contributed by atoms with E-state index in [4.69, 9.17) is 25.5 Å². The summed E-state index contributed by atoms with van der Waals surface area (Å²) in [5.74, 6) is -0.329. The van der Waals surface area contributed by atoms with Gasteiger partial charge < -0.3 is 13.9 Å². The Bertz CT molecular complexity index is 1050. The van der Waals surface area contributed by atoms with Gasteiger partial charge in [0.1, 0.15) is 5.58 Å². The summed E-state index contributed by atoms with van der Waals surface area (Å²) in [6.45, 7) is 5.48. The molecule has 5 nitrogen and oxygen atoms in total. The van der Waals surface area contributed by atoms with Gasteiger partial charge in [-0.2, -0.15) is 0 Å². The van der Waals surface area contributed by atoms with Gasteiger partial charge in [-0.05, 0) is 62.2 Å². The molecule has 0 aliphatic carbocycles. The lowest BCUT2D eigenvalue weighted by molar-refractivity contribution is -0.150. The number of carbonyl (C=O) groups excluding carboxylic acids is 1. The van der Waals surface area contributed by atoms with Crippen LogP contribution in [0.25, 0.3) is 22.3 Å². The first-order chi connectivity index (χ1) is 13.4. The van der Waals surface area contributed by atoms with E-state index in [0.29, 0.717) is 21.6 Å². The highest BCUT2D eigenvalue weighted by Gasteiger charge is 2.23. The molecule has 0 aliphatic heterocycles. The lowest BCUT2D eigenvalue weighted by Crippen LogP contribution is -2.28. The van der Waals surface area contributed by atoms with E-state index >= 15 is 0 Å². The maximum absolute atomic E-state index is 13.2. The van der Waals surface area contributed by atoms with Crippen molar-refractivity contribution in [3.63, 3.8) is 0 Å². The predicted octanol–water partition coefficient (Wildman–Crippen LogP) is 5.01. The zero-order chi connectivity index (χ0) is 20.3. The molecule has 0 fully saturated rings. The zero-order valence-electron chi connectivity index (χ0n) is 16.0. The first kappa shape index (κ1) is 20.0. The van der Waals surface area contributed by atoms with Crippen LogP contribution in [0.3, 0.4) is 0 Å². The van der Waals surface area contributed by atoms with E-state index in [1.54, 1.807) is 43.3 Å². The summed E-state index contributed by atoms with van der Waals surface area (Å²) in [4.78, 5) is 25.2. The van der Waals surface area contributed by atoms with Gasteiger partial charge in [0.25, 0.3) is 0 Å². The second-order valence-corrected chi connectivity index (χ2v) is 6.73. The van der Waals surface area contributed by atoms with Crippen LogP contribution in [0.4, 0.5) is 0 Å². The summed E-state index contributed by atoms with van der Waals surface area (Å²) < 4.78 is 16.7. The van der Waals surface area contributed by atoms with Gasteiger partial charge in [0.15, 0.2) is 11.9 Å². The number of carbonyl (C=O) groups is 1. The van der Waals surface area contributed by atoms with Crippen molar-refractivity contribution in [2.75, 3.05) is 6.61 Å². The van der Waals surface area contributed by atoms with Crippen LogP contribution in [-0.2, 0) is 16.0 Å². The minimum Gasteiger partial charge on any atom is -0.471 e. The van der Waals surface area contributed by atoms with Crippen molar-refractivity contribution >= 4 is 28.5 Å². The largest absolute Gasteiger partial charge is 0.471 e. The first-order valence-corrected chi connectivity index (χ1v) is 9.51. The average Bonchev–Trinajstić information content (AvgIpc) is 2.70. The molecule has 0 radical (unpaired) electrons. The van der Waals surface area contributed by atoms with Gasteiger partial charge in [-0.1, -0.05) is 24.6 Å². The number of hydrogen-bond acceptors (Lipinski definition) is 5. The molecule has 1 aromatic heterocycles. The molecule has 6 heteroatoms. The molecule has 1 atom stereocenters. The molecule has 0 N–H and O–H groups in total. The summed E-state index contributed by atoms with van der Waals surface area (Å²) in [6.07, 6.45) is -0.176. The highest BCUT2D eigenvalue weighted by Crippen LogP contribution is 2.32. The number of fused-ring (bicyclic) bond motifs is 1. The quantitative estimate of drug-likeness (QED) is 0.544. The minimum atomic E-state index is -0.958. The Morgan fingerprint density at radius 2 is 1.86 bits per heavy atom. The molecule has 3 aromatic rings. The maximum atomic E-state index is 13.2. The van der Waals surface area contributed by atoms with Gasteiger partial charge in [-0.15, -0.1) is 0 Å². The highest BCUT2D eigenvalue weighted by atomic mass is 35.5. The maximum Gasteiger partial charge on any atom is 0.347 e. The van der Waals surface area contributed by atoms with Crippen LogP contribution >= 0.6 is 11.6 Å². The van der Waals surface area contributed by atoms with Gasteiger partial charge in [0.2, 0.25) is 11.2 Å². The zero-order valence-corrected chi connectivity index (χ0v) is 16.7. The molecular weight excluding hydrogens is 380 g/mol. The SMILES string of the molecule is CCOC(=O)[C@H](C)Oc1c(-c2ccc(Cl)cc2)oc2ccc(CC)cc2c1=O. The van der Waals surface area contributed by atoms with E-state index in [2.05, 4.69) is 0 Å². The Hall–Kier alpha value is -2.79. The van der Waals surface area contributed by atoms with Crippen molar-refractivity contribution < 1.29 is 18.7 Å². The monoisotopic (exact) mass is 400 g/mol. The number of benzene rings is 2. The van der Waals surface area contributed by atoms with Crippen molar-refractivity contribution in [1.82, 2.24) is 0 Å². The Morgan fingerprint density at radius 1 is 1.14 bits per heavy atom. The molecule has 0 unspecified atom stereocenters. The fourth-order valence-electron chi connectivity index (χ4n) is 2.83. The molecule has 146 valence electrons. The topological polar surface area (TPSA) is 65.7 Å². The lowest BCUT2D eigenvalue weighted by Gasteiger charge is -2.16. The van der Waals surface area contributed by atoms with Crippen molar-refractivity contribution in [3.05, 3.63) is 63.3 Å². The molecular formula is C22H21ClO5. The van der Waals surface area contributed by atoms with Crippen LogP contribution in [0.1, 0.15) is 26.3 Å². The standard InChI is InChI=1S/C22H21ClO5/c1-4-14-6-11-18-17(12-14)19(24)21(27-13(3)22(25)26-5-2)20(28-18)15-7-9-16(23)10-8-15/h6-13H,4-5H2,1-3H3/t13-/m0/s1. The number of ether oxygens (including phenoxy) is 2. The molecule has 0 bridgehead atoms. The van der Waals surface area contributed by atoms with Gasteiger partial charge in [0, 0.05) is 10.6 Å². The first-order valence-electron chi connectivity index (χ1n) is 9.13. The van der Waals surface area contributed by atoms with Crippen LogP contribution in [0.5, 0.6) is 5.75 Å². The third-order valence-corrected chi connectivity index (χ3v) is 4.59.